The largest absolute Gasteiger partial charge is 0.460 e. The maximum atomic E-state index is 11.6. The maximum Gasteiger partial charge on any atom is 0.308 e. The number of carbonyl (C=O) groups is 1. The Morgan fingerprint density at radius 3 is 2.37 bits per heavy atom. The number of carbonyl (C=O) groups excluding carboxylic acids is 1. The van der Waals surface area contributed by atoms with Crippen LogP contribution in [0.2, 0.25) is 0 Å². The van der Waals surface area contributed by atoms with E-state index in [4.69, 9.17) is 4.74 Å². The van der Waals surface area contributed by atoms with Crippen molar-refractivity contribution in [3.05, 3.63) is 11.6 Å². The number of esters is 1. The van der Waals surface area contributed by atoms with Gasteiger partial charge in [-0.05, 0) is 59.8 Å². The molecule has 112 valence electrons. The van der Waals surface area contributed by atoms with Crippen molar-refractivity contribution < 1.29 is 14.6 Å². The standard InChI is InChI=1S/C16H30O3/c1-12(2)8-7-9-13(3)10-14(17)11-15(18)19-16(4,5)6/h8,13-14,17H,7,9-11H2,1-6H3/t13-,14?/m1/s1. The van der Waals surface area contributed by atoms with Crippen LogP contribution < -0.4 is 0 Å². The van der Waals surface area contributed by atoms with Gasteiger partial charge in [-0.3, -0.25) is 4.79 Å². The fourth-order valence-corrected chi connectivity index (χ4v) is 1.90. The second kappa shape index (κ2) is 8.36. The Morgan fingerprint density at radius 2 is 1.89 bits per heavy atom. The van der Waals surface area contributed by atoms with Gasteiger partial charge in [-0.1, -0.05) is 18.6 Å². The summed E-state index contributed by atoms with van der Waals surface area (Å²) in [6.07, 6.45) is 4.41. The first-order valence-corrected chi connectivity index (χ1v) is 7.13. The maximum absolute atomic E-state index is 11.6. The van der Waals surface area contributed by atoms with E-state index in [1.165, 1.54) is 5.57 Å². The van der Waals surface area contributed by atoms with Crippen LogP contribution in [0.25, 0.3) is 0 Å². The number of aliphatic hydroxyl groups excluding tert-OH is 1. The first kappa shape index (κ1) is 18.2. The quantitative estimate of drug-likeness (QED) is 0.564. The Bertz CT molecular complexity index is 296. The highest BCUT2D eigenvalue weighted by Gasteiger charge is 2.20. The Hall–Kier alpha value is -0.830. The van der Waals surface area contributed by atoms with Crippen LogP contribution in [0.1, 0.15) is 67.2 Å². The van der Waals surface area contributed by atoms with Crippen LogP contribution in [0, 0.1) is 5.92 Å². The summed E-state index contributed by atoms with van der Waals surface area (Å²) < 4.78 is 5.19. The molecule has 0 heterocycles. The van der Waals surface area contributed by atoms with Gasteiger partial charge in [0.05, 0.1) is 12.5 Å². The third-order valence-electron chi connectivity index (χ3n) is 2.71. The Morgan fingerprint density at radius 1 is 1.32 bits per heavy atom. The molecule has 1 unspecified atom stereocenters. The zero-order chi connectivity index (χ0) is 15.1. The average molecular weight is 270 g/mol. The highest BCUT2D eigenvalue weighted by Crippen LogP contribution is 2.17. The Kier molecular flexibility index (Phi) is 8.00. The molecule has 0 bridgehead atoms. The summed E-state index contributed by atoms with van der Waals surface area (Å²) in [6, 6.07) is 0. The van der Waals surface area contributed by atoms with E-state index in [2.05, 4.69) is 26.8 Å². The first-order valence-electron chi connectivity index (χ1n) is 7.13. The minimum absolute atomic E-state index is 0.0876. The fourth-order valence-electron chi connectivity index (χ4n) is 1.90. The number of aliphatic hydroxyl groups is 1. The Balaban J connectivity index is 3.93. The molecule has 0 saturated heterocycles. The molecule has 3 nitrogen and oxygen atoms in total. The lowest BCUT2D eigenvalue weighted by Gasteiger charge is -2.21. The van der Waals surface area contributed by atoms with Crippen LogP contribution in [0.15, 0.2) is 11.6 Å². The molecule has 2 atom stereocenters. The molecule has 0 spiro atoms. The van der Waals surface area contributed by atoms with Crippen LogP contribution in [-0.4, -0.2) is 22.8 Å². The van der Waals surface area contributed by atoms with Crippen molar-refractivity contribution in [3.63, 3.8) is 0 Å². The molecule has 0 radical (unpaired) electrons. The van der Waals surface area contributed by atoms with Gasteiger partial charge in [-0.15, -0.1) is 0 Å². The van der Waals surface area contributed by atoms with Crippen molar-refractivity contribution >= 4 is 5.97 Å². The molecule has 0 aromatic heterocycles. The molecule has 0 fully saturated rings. The zero-order valence-electron chi connectivity index (χ0n) is 13.3. The minimum atomic E-state index is -0.600. The predicted octanol–water partition coefficient (Wildman–Crippen LogP) is 3.85. The van der Waals surface area contributed by atoms with E-state index < -0.39 is 11.7 Å². The van der Waals surface area contributed by atoms with E-state index in [1.54, 1.807) is 0 Å². The summed E-state index contributed by atoms with van der Waals surface area (Å²) in [7, 11) is 0. The van der Waals surface area contributed by atoms with Crippen LogP contribution in [0.3, 0.4) is 0 Å². The smallest absolute Gasteiger partial charge is 0.308 e. The molecule has 0 rings (SSSR count). The summed E-state index contributed by atoms with van der Waals surface area (Å²) in [4.78, 5) is 11.6. The number of ether oxygens (including phenoxy) is 1. The Labute approximate surface area is 118 Å². The van der Waals surface area contributed by atoms with E-state index in [1.807, 2.05) is 20.8 Å². The number of hydrogen-bond donors (Lipinski definition) is 1. The van der Waals surface area contributed by atoms with Gasteiger partial charge in [0.15, 0.2) is 0 Å². The summed E-state index contributed by atoms with van der Waals surface area (Å²) >= 11 is 0. The number of hydrogen-bond acceptors (Lipinski definition) is 3. The summed E-state index contributed by atoms with van der Waals surface area (Å²) in [5.41, 5.74) is 0.841. The van der Waals surface area contributed by atoms with E-state index in [0.29, 0.717) is 12.3 Å². The van der Waals surface area contributed by atoms with Crippen molar-refractivity contribution in [3.8, 4) is 0 Å². The molecule has 0 aromatic carbocycles. The third-order valence-corrected chi connectivity index (χ3v) is 2.71. The SMILES string of the molecule is CC(C)=CCC[C@@H](C)CC(O)CC(=O)OC(C)(C)C. The number of rotatable bonds is 7. The molecule has 0 saturated carbocycles. The molecule has 1 N–H and O–H groups in total. The molecule has 0 aliphatic carbocycles. The zero-order valence-corrected chi connectivity index (χ0v) is 13.3. The molecule has 0 aliphatic heterocycles. The van der Waals surface area contributed by atoms with Crippen molar-refractivity contribution in [2.45, 2.75) is 78.9 Å². The van der Waals surface area contributed by atoms with Gasteiger partial charge in [0.2, 0.25) is 0 Å². The second-order valence-electron chi connectivity index (χ2n) is 6.64. The van der Waals surface area contributed by atoms with Crippen LogP contribution >= 0.6 is 0 Å². The minimum Gasteiger partial charge on any atom is -0.460 e. The lowest BCUT2D eigenvalue weighted by atomic mass is 9.96. The normalized spacial score (nSPS) is 14.7. The summed E-state index contributed by atoms with van der Waals surface area (Å²) in [5, 5.41) is 9.88. The molecular weight excluding hydrogens is 240 g/mol. The van der Waals surface area contributed by atoms with Crippen LogP contribution in [0.5, 0.6) is 0 Å². The van der Waals surface area contributed by atoms with Gasteiger partial charge in [-0.2, -0.15) is 0 Å². The second-order valence-corrected chi connectivity index (χ2v) is 6.64. The highest BCUT2D eigenvalue weighted by molar-refractivity contribution is 5.70. The highest BCUT2D eigenvalue weighted by atomic mass is 16.6. The van der Waals surface area contributed by atoms with Crippen molar-refractivity contribution in [1.82, 2.24) is 0 Å². The molecule has 0 aromatic rings. The van der Waals surface area contributed by atoms with Crippen LogP contribution in [-0.2, 0) is 9.53 Å². The van der Waals surface area contributed by atoms with E-state index in [-0.39, 0.29) is 12.4 Å². The van der Waals surface area contributed by atoms with E-state index in [0.717, 1.165) is 12.8 Å². The molecular formula is C16H30O3. The van der Waals surface area contributed by atoms with Gasteiger partial charge in [0.25, 0.3) is 0 Å². The lowest BCUT2D eigenvalue weighted by Crippen LogP contribution is -2.27. The van der Waals surface area contributed by atoms with Gasteiger partial charge in [-0.25, -0.2) is 0 Å². The van der Waals surface area contributed by atoms with Crippen LogP contribution in [0.4, 0.5) is 0 Å². The molecule has 19 heavy (non-hydrogen) atoms. The monoisotopic (exact) mass is 270 g/mol. The molecule has 0 aliphatic rings. The van der Waals surface area contributed by atoms with Gasteiger partial charge in [0.1, 0.15) is 5.60 Å². The van der Waals surface area contributed by atoms with Crippen molar-refractivity contribution in [1.29, 1.82) is 0 Å². The van der Waals surface area contributed by atoms with E-state index in [9.17, 15) is 9.90 Å². The first-order chi connectivity index (χ1) is 8.60. The molecule has 3 heteroatoms. The third kappa shape index (κ3) is 12.0. The van der Waals surface area contributed by atoms with Gasteiger partial charge in [0, 0.05) is 0 Å². The predicted molar refractivity (Wildman–Crippen MR) is 78.9 cm³/mol. The summed E-state index contributed by atoms with van der Waals surface area (Å²) in [6.45, 7) is 11.8. The number of allylic oxidation sites excluding steroid dienone is 2. The molecule has 0 amide bonds. The lowest BCUT2D eigenvalue weighted by molar-refractivity contribution is -0.157. The topological polar surface area (TPSA) is 46.5 Å². The van der Waals surface area contributed by atoms with Crippen molar-refractivity contribution in [2.24, 2.45) is 5.92 Å². The van der Waals surface area contributed by atoms with E-state index >= 15 is 0 Å². The average Bonchev–Trinajstić information content (AvgIpc) is 2.12. The fraction of sp³-hybridized carbons (Fsp3) is 0.812. The van der Waals surface area contributed by atoms with Gasteiger partial charge >= 0.3 is 5.97 Å². The summed E-state index contributed by atoms with van der Waals surface area (Å²) in [5.74, 6) is 0.0875. The van der Waals surface area contributed by atoms with Gasteiger partial charge < -0.3 is 9.84 Å². The van der Waals surface area contributed by atoms with Crippen molar-refractivity contribution in [2.75, 3.05) is 0 Å².